The maximum Gasteiger partial charge on any atom is 0.226 e. The molecule has 1 aliphatic heterocycles. The number of aryl methyl sites for hydroxylation is 1. The van der Waals surface area contributed by atoms with Crippen molar-refractivity contribution in [2.24, 2.45) is 0 Å². The zero-order valence-electron chi connectivity index (χ0n) is 10.5. The molecule has 2 heterocycles. The monoisotopic (exact) mass is 252 g/mol. The van der Waals surface area contributed by atoms with Crippen LogP contribution < -0.4 is 5.32 Å². The van der Waals surface area contributed by atoms with Gasteiger partial charge >= 0.3 is 0 Å². The molecule has 0 aliphatic carbocycles. The van der Waals surface area contributed by atoms with E-state index in [2.05, 4.69) is 20.3 Å². The molecule has 0 saturated carbocycles. The number of amides is 2. The Morgan fingerprint density at radius 2 is 2.33 bits per heavy atom. The van der Waals surface area contributed by atoms with Crippen molar-refractivity contribution < 1.29 is 14.2 Å². The van der Waals surface area contributed by atoms with Gasteiger partial charge in [0.2, 0.25) is 11.8 Å². The largest absolute Gasteiger partial charge is 0.351 e. The predicted octanol–water partition coefficient (Wildman–Crippen LogP) is -0.342. The number of carbonyl (C=O) groups excluding carboxylic acids is 2. The first-order chi connectivity index (χ1) is 8.60. The van der Waals surface area contributed by atoms with Gasteiger partial charge in [0.1, 0.15) is 11.4 Å². The number of hydrogen-bond donors (Lipinski definition) is 1. The lowest BCUT2D eigenvalue weighted by atomic mass is 10.2. The van der Waals surface area contributed by atoms with E-state index in [4.69, 9.17) is 0 Å². The van der Waals surface area contributed by atoms with E-state index in [-0.39, 0.29) is 24.3 Å². The third kappa shape index (κ3) is 2.66. The summed E-state index contributed by atoms with van der Waals surface area (Å²) < 4.78 is 4.53. The van der Waals surface area contributed by atoms with Gasteiger partial charge in [-0.25, -0.2) is 4.63 Å². The SMILES string of the molecule is CCN1CC(NC(=O)Cc2nonc2C)CC1=O. The van der Waals surface area contributed by atoms with Gasteiger partial charge in [-0.3, -0.25) is 9.59 Å². The van der Waals surface area contributed by atoms with Crippen molar-refractivity contribution in [3.8, 4) is 0 Å². The van der Waals surface area contributed by atoms with Gasteiger partial charge in [-0.1, -0.05) is 10.3 Å². The van der Waals surface area contributed by atoms with E-state index < -0.39 is 0 Å². The molecule has 2 amide bonds. The normalized spacial score (nSPS) is 19.3. The summed E-state index contributed by atoms with van der Waals surface area (Å²) in [6.07, 6.45) is 0.502. The maximum atomic E-state index is 11.8. The van der Waals surface area contributed by atoms with Crippen molar-refractivity contribution in [2.75, 3.05) is 13.1 Å². The average molecular weight is 252 g/mol. The molecule has 1 saturated heterocycles. The quantitative estimate of drug-likeness (QED) is 0.791. The third-order valence-corrected chi connectivity index (χ3v) is 3.04. The molecule has 0 aromatic carbocycles. The molecule has 1 aliphatic rings. The lowest BCUT2D eigenvalue weighted by Gasteiger charge is -2.14. The summed E-state index contributed by atoms with van der Waals surface area (Å²) in [5.74, 6) is -0.0772. The van der Waals surface area contributed by atoms with E-state index in [9.17, 15) is 9.59 Å². The van der Waals surface area contributed by atoms with Gasteiger partial charge in [0.05, 0.1) is 12.5 Å². The second kappa shape index (κ2) is 5.16. The molecule has 1 aromatic rings. The highest BCUT2D eigenvalue weighted by atomic mass is 16.6. The molecule has 1 fully saturated rings. The Bertz CT molecular complexity index is 457. The second-order valence-corrected chi connectivity index (χ2v) is 4.37. The molecule has 7 heteroatoms. The van der Waals surface area contributed by atoms with Crippen LogP contribution in [0.1, 0.15) is 24.7 Å². The Morgan fingerprint density at radius 1 is 1.56 bits per heavy atom. The van der Waals surface area contributed by atoms with Crippen molar-refractivity contribution in [1.29, 1.82) is 0 Å². The number of aromatic nitrogens is 2. The standard InChI is InChI=1S/C11H16N4O3/c1-3-15-6-8(4-11(15)17)12-10(16)5-9-7(2)13-18-14-9/h8H,3-6H2,1-2H3,(H,12,16). The molecule has 1 unspecified atom stereocenters. The van der Waals surface area contributed by atoms with Crippen LogP contribution in [-0.4, -0.2) is 46.2 Å². The summed E-state index contributed by atoms with van der Waals surface area (Å²) in [6, 6.07) is -0.106. The summed E-state index contributed by atoms with van der Waals surface area (Å²) in [5.41, 5.74) is 1.15. The summed E-state index contributed by atoms with van der Waals surface area (Å²) >= 11 is 0. The molecule has 18 heavy (non-hydrogen) atoms. The van der Waals surface area contributed by atoms with Crippen LogP contribution in [0.4, 0.5) is 0 Å². The molecule has 0 spiro atoms. The first kappa shape index (κ1) is 12.5. The fourth-order valence-electron chi connectivity index (χ4n) is 2.02. The minimum atomic E-state index is -0.162. The minimum Gasteiger partial charge on any atom is -0.351 e. The zero-order valence-corrected chi connectivity index (χ0v) is 10.5. The fourth-order valence-corrected chi connectivity index (χ4v) is 2.02. The van der Waals surface area contributed by atoms with Gasteiger partial charge in [0, 0.05) is 19.5 Å². The van der Waals surface area contributed by atoms with Crippen LogP contribution in [-0.2, 0) is 16.0 Å². The van der Waals surface area contributed by atoms with Crippen molar-refractivity contribution in [2.45, 2.75) is 32.7 Å². The first-order valence-corrected chi connectivity index (χ1v) is 5.95. The van der Waals surface area contributed by atoms with Crippen molar-refractivity contribution in [3.63, 3.8) is 0 Å². The van der Waals surface area contributed by atoms with Gasteiger partial charge in [-0.2, -0.15) is 0 Å². The van der Waals surface area contributed by atoms with Crippen molar-refractivity contribution in [1.82, 2.24) is 20.5 Å². The number of nitrogens with zero attached hydrogens (tertiary/aromatic N) is 3. The fraction of sp³-hybridized carbons (Fsp3) is 0.636. The number of hydrogen-bond acceptors (Lipinski definition) is 5. The van der Waals surface area contributed by atoms with Gasteiger partial charge in [0.15, 0.2) is 0 Å². The highest BCUT2D eigenvalue weighted by Crippen LogP contribution is 2.10. The Hall–Kier alpha value is -1.92. The molecule has 7 nitrogen and oxygen atoms in total. The molecular formula is C11H16N4O3. The van der Waals surface area contributed by atoms with E-state index in [1.54, 1.807) is 11.8 Å². The molecule has 1 N–H and O–H groups in total. The molecule has 1 atom stereocenters. The van der Waals surface area contributed by atoms with Crippen molar-refractivity contribution in [3.05, 3.63) is 11.4 Å². The topological polar surface area (TPSA) is 88.3 Å². The van der Waals surface area contributed by atoms with Crippen LogP contribution in [0.3, 0.4) is 0 Å². The molecule has 2 rings (SSSR count). The van der Waals surface area contributed by atoms with E-state index in [1.165, 1.54) is 0 Å². The Morgan fingerprint density at radius 3 is 2.89 bits per heavy atom. The van der Waals surface area contributed by atoms with Crippen LogP contribution in [0.5, 0.6) is 0 Å². The number of rotatable bonds is 4. The lowest BCUT2D eigenvalue weighted by molar-refractivity contribution is -0.127. The molecule has 0 bridgehead atoms. The van der Waals surface area contributed by atoms with Gasteiger partial charge in [-0.15, -0.1) is 0 Å². The van der Waals surface area contributed by atoms with Crippen LogP contribution in [0.15, 0.2) is 4.63 Å². The smallest absolute Gasteiger partial charge is 0.226 e. The second-order valence-electron chi connectivity index (χ2n) is 4.37. The van der Waals surface area contributed by atoms with Crippen LogP contribution in [0.25, 0.3) is 0 Å². The Kier molecular flexibility index (Phi) is 3.59. The van der Waals surface area contributed by atoms with Crippen LogP contribution in [0.2, 0.25) is 0 Å². The van der Waals surface area contributed by atoms with E-state index in [0.29, 0.717) is 30.9 Å². The number of likely N-dealkylation sites (N-methyl/N-ethyl adjacent to an activating group) is 1. The highest BCUT2D eigenvalue weighted by Gasteiger charge is 2.29. The third-order valence-electron chi connectivity index (χ3n) is 3.04. The van der Waals surface area contributed by atoms with E-state index in [0.717, 1.165) is 0 Å². The van der Waals surface area contributed by atoms with E-state index in [1.807, 2.05) is 6.92 Å². The van der Waals surface area contributed by atoms with Crippen molar-refractivity contribution >= 4 is 11.8 Å². The minimum absolute atomic E-state index is 0.0853. The molecular weight excluding hydrogens is 236 g/mol. The summed E-state index contributed by atoms with van der Waals surface area (Å²) in [6.45, 7) is 4.91. The molecule has 0 radical (unpaired) electrons. The van der Waals surface area contributed by atoms with Gasteiger partial charge < -0.3 is 10.2 Å². The van der Waals surface area contributed by atoms with E-state index >= 15 is 0 Å². The first-order valence-electron chi connectivity index (χ1n) is 5.95. The Labute approximate surface area is 104 Å². The van der Waals surface area contributed by atoms with Gasteiger partial charge in [-0.05, 0) is 13.8 Å². The number of carbonyl (C=O) groups is 2. The number of likely N-dealkylation sites (tertiary alicyclic amines) is 1. The van der Waals surface area contributed by atoms with Gasteiger partial charge in [0.25, 0.3) is 0 Å². The van der Waals surface area contributed by atoms with Crippen LogP contribution in [0, 0.1) is 6.92 Å². The maximum absolute atomic E-state index is 11.8. The van der Waals surface area contributed by atoms with Crippen LogP contribution >= 0.6 is 0 Å². The predicted molar refractivity (Wildman–Crippen MR) is 61.5 cm³/mol. The molecule has 1 aromatic heterocycles. The Balaban J connectivity index is 1.86. The molecule has 98 valence electrons. The average Bonchev–Trinajstić information content (AvgIpc) is 2.86. The summed E-state index contributed by atoms with van der Waals surface area (Å²) in [7, 11) is 0. The highest BCUT2D eigenvalue weighted by molar-refractivity contribution is 5.83. The summed E-state index contributed by atoms with van der Waals surface area (Å²) in [5, 5.41) is 10.1. The zero-order chi connectivity index (χ0) is 13.1. The number of nitrogens with one attached hydrogen (secondary N) is 1. The summed E-state index contributed by atoms with van der Waals surface area (Å²) in [4.78, 5) is 25.0. The lowest BCUT2D eigenvalue weighted by Crippen LogP contribution is -2.38.